The van der Waals surface area contributed by atoms with Gasteiger partial charge in [-0.1, -0.05) is 83.9 Å². The van der Waals surface area contributed by atoms with Gasteiger partial charge in [0.15, 0.2) is 0 Å². The van der Waals surface area contributed by atoms with E-state index in [-0.39, 0.29) is 0 Å². The first-order valence-corrected chi connectivity index (χ1v) is 10.3. The lowest BCUT2D eigenvalue weighted by atomic mass is 9.94. The molecule has 0 aliphatic carbocycles. The van der Waals surface area contributed by atoms with Gasteiger partial charge in [0.25, 0.3) is 0 Å². The van der Waals surface area contributed by atoms with Crippen molar-refractivity contribution in [1.82, 2.24) is 9.97 Å². The van der Waals surface area contributed by atoms with E-state index in [1.807, 2.05) is 0 Å². The Kier molecular flexibility index (Phi) is 3.63. The van der Waals surface area contributed by atoms with Crippen LogP contribution in [0.15, 0.2) is 84.9 Å². The molecule has 2 heterocycles. The van der Waals surface area contributed by atoms with E-state index in [2.05, 4.69) is 98.8 Å². The van der Waals surface area contributed by atoms with Gasteiger partial charge in [0.05, 0.1) is 22.4 Å². The maximum Gasteiger partial charge on any atom is 0.0788 e. The highest BCUT2D eigenvalue weighted by molar-refractivity contribution is 6.25. The van der Waals surface area contributed by atoms with Gasteiger partial charge in [0.2, 0.25) is 0 Å². The summed E-state index contributed by atoms with van der Waals surface area (Å²) in [5, 5.41) is 4.71. The fourth-order valence-electron chi connectivity index (χ4n) is 4.41. The van der Waals surface area contributed by atoms with Gasteiger partial charge in [-0.25, -0.2) is 9.97 Å². The number of aromatic nitrogens is 2. The summed E-state index contributed by atoms with van der Waals surface area (Å²) in [6.07, 6.45) is 0. The van der Waals surface area contributed by atoms with Crippen LogP contribution >= 0.6 is 0 Å². The monoisotopic (exact) mass is 384 g/mol. The molecule has 0 fully saturated rings. The Balaban J connectivity index is 1.75. The molecule has 0 saturated carbocycles. The van der Waals surface area contributed by atoms with Gasteiger partial charge in [-0.15, -0.1) is 0 Å². The quantitative estimate of drug-likeness (QED) is 0.292. The molecule has 4 aromatic carbocycles. The summed E-state index contributed by atoms with van der Waals surface area (Å²) in [5.41, 5.74) is 8.85. The van der Waals surface area contributed by atoms with Crippen molar-refractivity contribution >= 4 is 32.6 Å². The van der Waals surface area contributed by atoms with Gasteiger partial charge < -0.3 is 0 Å². The predicted octanol–water partition coefficient (Wildman–Crippen LogP) is 7.32. The molecule has 6 rings (SSSR count). The number of aryl methyl sites for hydroxylation is 2. The number of benzene rings is 4. The zero-order chi connectivity index (χ0) is 20.2. The molecule has 2 nitrogen and oxygen atoms in total. The molecule has 0 atom stereocenters. The van der Waals surface area contributed by atoms with Crippen molar-refractivity contribution in [2.24, 2.45) is 0 Å². The number of rotatable bonds is 2. The molecular formula is C28H20N2. The van der Waals surface area contributed by atoms with Crippen molar-refractivity contribution in [2.45, 2.75) is 13.8 Å². The van der Waals surface area contributed by atoms with Crippen LogP contribution < -0.4 is 0 Å². The third kappa shape index (κ3) is 2.50. The zero-order valence-electron chi connectivity index (χ0n) is 17.0. The standard InChI is InChI=1S/C28H20N2/c1-17-9-13-19(14-10-17)27-21-5-3-8-24-25(21)26-22(6-4-7-23(26)29-27)28(30-24)20-15-11-18(2)12-16-20/h3-16H,1-2H3. The van der Waals surface area contributed by atoms with Crippen LogP contribution in [-0.4, -0.2) is 9.97 Å². The fraction of sp³-hybridized carbons (Fsp3) is 0.0714. The van der Waals surface area contributed by atoms with Gasteiger partial charge >= 0.3 is 0 Å². The van der Waals surface area contributed by atoms with Gasteiger partial charge in [0.1, 0.15) is 0 Å². The summed E-state index contributed by atoms with van der Waals surface area (Å²) in [5.74, 6) is 0. The Morgan fingerprint density at radius 1 is 0.467 bits per heavy atom. The van der Waals surface area contributed by atoms with E-state index in [1.54, 1.807) is 0 Å². The number of hydrogen-bond donors (Lipinski definition) is 0. The smallest absolute Gasteiger partial charge is 0.0788 e. The summed E-state index contributed by atoms with van der Waals surface area (Å²) < 4.78 is 0. The second-order valence-corrected chi connectivity index (χ2v) is 8.05. The Bertz CT molecular complexity index is 1410. The van der Waals surface area contributed by atoms with Crippen molar-refractivity contribution in [3.63, 3.8) is 0 Å². The van der Waals surface area contributed by atoms with E-state index < -0.39 is 0 Å². The molecule has 0 saturated heterocycles. The van der Waals surface area contributed by atoms with Crippen molar-refractivity contribution in [2.75, 3.05) is 0 Å². The van der Waals surface area contributed by atoms with Crippen LogP contribution in [0.1, 0.15) is 11.1 Å². The molecule has 0 bridgehead atoms. The van der Waals surface area contributed by atoms with Gasteiger partial charge in [-0.3, -0.25) is 0 Å². The SMILES string of the molecule is Cc1ccc(-c2nc3cccc4c(-c5ccc(C)cc5)nc5cccc2c5c34)cc1. The van der Waals surface area contributed by atoms with E-state index in [1.165, 1.54) is 21.9 Å². The summed E-state index contributed by atoms with van der Waals surface area (Å²) in [4.78, 5) is 10.3. The maximum absolute atomic E-state index is 5.13. The van der Waals surface area contributed by atoms with Crippen LogP contribution in [0.5, 0.6) is 0 Å². The molecule has 0 amide bonds. The molecule has 0 aliphatic rings. The molecule has 0 N–H and O–H groups in total. The minimum absolute atomic E-state index is 1.02. The van der Waals surface area contributed by atoms with E-state index in [0.29, 0.717) is 0 Å². The molecule has 0 unspecified atom stereocenters. The highest BCUT2D eigenvalue weighted by Gasteiger charge is 2.18. The molecule has 0 spiro atoms. The second-order valence-electron chi connectivity index (χ2n) is 8.05. The van der Waals surface area contributed by atoms with Crippen molar-refractivity contribution in [1.29, 1.82) is 0 Å². The molecule has 142 valence electrons. The van der Waals surface area contributed by atoms with Crippen molar-refractivity contribution < 1.29 is 0 Å². The number of nitrogens with zero attached hydrogens (tertiary/aromatic N) is 2. The normalized spacial score (nSPS) is 11.7. The Labute approximate surface area is 175 Å². The van der Waals surface area contributed by atoms with Crippen LogP contribution in [-0.2, 0) is 0 Å². The minimum atomic E-state index is 1.02. The molecule has 2 heteroatoms. The van der Waals surface area contributed by atoms with E-state index in [0.717, 1.165) is 44.3 Å². The Morgan fingerprint density at radius 2 is 0.867 bits per heavy atom. The largest absolute Gasteiger partial charge is 0.247 e. The lowest BCUT2D eigenvalue weighted by Crippen LogP contribution is -1.96. The van der Waals surface area contributed by atoms with Gasteiger partial charge in [0, 0.05) is 32.7 Å². The maximum atomic E-state index is 5.13. The topological polar surface area (TPSA) is 25.8 Å². The number of pyridine rings is 2. The van der Waals surface area contributed by atoms with Crippen LogP contribution in [0.3, 0.4) is 0 Å². The summed E-state index contributed by atoms with van der Waals surface area (Å²) in [6, 6.07) is 30.0. The van der Waals surface area contributed by atoms with Crippen LogP contribution in [0.2, 0.25) is 0 Å². The minimum Gasteiger partial charge on any atom is -0.247 e. The summed E-state index contributed by atoms with van der Waals surface area (Å²) >= 11 is 0. The third-order valence-electron chi connectivity index (χ3n) is 5.96. The Hall–Kier alpha value is -3.78. The molecule has 6 aromatic rings. The first-order valence-electron chi connectivity index (χ1n) is 10.3. The predicted molar refractivity (Wildman–Crippen MR) is 126 cm³/mol. The Morgan fingerprint density at radius 3 is 1.27 bits per heavy atom. The molecule has 2 aromatic heterocycles. The molecular weight excluding hydrogens is 364 g/mol. The van der Waals surface area contributed by atoms with E-state index in [4.69, 9.17) is 9.97 Å². The lowest BCUT2D eigenvalue weighted by molar-refractivity contribution is 1.38. The van der Waals surface area contributed by atoms with E-state index in [9.17, 15) is 0 Å². The summed E-state index contributed by atoms with van der Waals surface area (Å²) in [7, 11) is 0. The van der Waals surface area contributed by atoms with Crippen LogP contribution in [0.25, 0.3) is 55.1 Å². The van der Waals surface area contributed by atoms with Crippen molar-refractivity contribution in [3.05, 3.63) is 96.1 Å². The lowest BCUT2D eigenvalue weighted by Gasteiger charge is -2.16. The number of hydrogen-bond acceptors (Lipinski definition) is 2. The second kappa shape index (κ2) is 6.36. The first-order chi connectivity index (χ1) is 14.7. The first kappa shape index (κ1) is 17.1. The van der Waals surface area contributed by atoms with Gasteiger partial charge in [-0.2, -0.15) is 0 Å². The average Bonchev–Trinajstić information content (AvgIpc) is 2.78. The van der Waals surface area contributed by atoms with Gasteiger partial charge in [-0.05, 0) is 26.0 Å². The molecule has 30 heavy (non-hydrogen) atoms. The average molecular weight is 384 g/mol. The molecule has 0 aliphatic heterocycles. The highest BCUT2D eigenvalue weighted by atomic mass is 14.7. The third-order valence-corrected chi connectivity index (χ3v) is 5.96. The van der Waals surface area contributed by atoms with Crippen LogP contribution in [0, 0.1) is 13.8 Å². The summed E-state index contributed by atoms with van der Waals surface area (Å²) in [6.45, 7) is 4.22. The molecule has 0 radical (unpaired) electrons. The zero-order valence-corrected chi connectivity index (χ0v) is 17.0. The fourth-order valence-corrected chi connectivity index (χ4v) is 4.41. The van der Waals surface area contributed by atoms with Crippen LogP contribution in [0.4, 0.5) is 0 Å². The van der Waals surface area contributed by atoms with E-state index >= 15 is 0 Å². The van der Waals surface area contributed by atoms with Crippen molar-refractivity contribution in [3.8, 4) is 22.5 Å². The highest BCUT2D eigenvalue weighted by Crippen LogP contribution is 2.40.